The molecule has 1 amide bonds. The van der Waals surface area contributed by atoms with Crippen LogP contribution in [0.5, 0.6) is 5.75 Å². The predicted molar refractivity (Wildman–Crippen MR) is 115 cm³/mol. The molecule has 5 heteroatoms. The normalized spacial score (nSPS) is 14.6. The fraction of sp³-hybridized carbons (Fsp3) is 0.130. The van der Waals surface area contributed by atoms with Crippen molar-refractivity contribution in [3.63, 3.8) is 0 Å². The Morgan fingerprint density at radius 3 is 2.50 bits per heavy atom. The molecule has 0 aromatic heterocycles. The van der Waals surface area contributed by atoms with Crippen LogP contribution in [0.15, 0.2) is 78.9 Å². The van der Waals surface area contributed by atoms with Crippen LogP contribution in [0.25, 0.3) is 0 Å². The minimum Gasteiger partial charge on any atom is -0.489 e. The number of thiocarbonyl (C=S) groups is 1. The smallest absolute Gasteiger partial charge is 0.256 e. The Bertz CT molecular complexity index is 990. The number of hydrogen-bond acceptors (Lipinski definition) is 4. The van der Waals surface area contributed by atoms with Crippen LogP contribution in [-0.4, -0.2) is 17.4 Å². The first kappa shape index (κ1) is 18.2. The van der Waals surface area contributed by atoms with E-state index in [4.69, 9.17) is 17.0 Å². The number of nitrogens with one attached hydrogen (secondary N) is 2. The van der Waals surface area contributed by atoms with Crippen LogP contribution in [0.2, 0.25) is 0 Å². The first-order valence-corrected chi connectivity index (χ1v) is 9.56. The molecule has 0 bridgehead atoms. The molecule has 0 saturated carbocycles. The van der Waals surface area contributed by atoms with Crippen molar-refractivity contribution >= 4 is 28.8 Å². The van der Waals surface area contributed by atoms with Gasteiger partial charge >= 0.3 is 0 Å². The van der Waals surface area contributed by atoms with Gasteiger partial charge in [-0.25, -0.2) is 0 Å². The number of hydrogen-bond donors (Lipinski definition) is 2. The highest BCUT2D eigenvalue weighted by Crippen LogP contribution is 2.35. The van der Waals surface area contributed by atoms with Crippen LogP contribution in [0.3, 0.4) is 0 Å². The lowest BCUT2D eigenvalue weighted by Crippen LogP contribution is -2.33. The van der Waals surface area contributed by atoms with Crippen molar-refractivity contribution in [3.8, 4) is 5.75 Å². The monoisotopic (exact) mass is 388 g/mol. The van der Waals surface area contributed by atoms with E-state index in [0.29, 0.717) is 23.7 Å². The average Bonchev–Trinajstić information content (AvgIpc) is 3.17. The van der Waals surface area contributed by atoms with E-state index in [1.807, 2.05) is 66.7 Å². The minimum atomic E-state index is -0.179. The van der Waals surface area contributed by atoms with Gasteiger partial charge in [-0.05, 0) is 29.3 Å². The number of anilines is 1. The Kier molecular flexibility index (Phi) is 5.35. The molecule has 1 unspecified atom stereocenters. The lowest BCUT2D eigenvalue weighted by molar-refractivity contribution is 0.0977. The maximum atomic E-state index is 12.4. The van der Waals surface area contributed by atoms with Crippen molar-refractivity contribution < 1.29 is 9.53 Å². The topological polar surface area (TPSA) is 50.4 Å². The summed E-state index contributed by atoms with van der Waals surface area (Å²) in [5.74, 6) is 0.581. The lowest BCUT2D eigenvalue weighted by atomic mass is 10.0. The zero-order valence-electron chi connectivity index (χ0n) is 15.2. The van der Waals surface area contributed by atoms with Crippen LogP contribution in [0, 0.1) is 0 Å². The third-order valence-electron chi connectivity index (χ3n) is 4.73. The summed E-state index contributed by atoms with van der Waals surface area (Å²) in [6.07, 6.45) is 0. The quantitative estimate of drug-likeness (QED) is 0.631. The van der Waals surface area contributed by atoms with E-state index < -0.39 is 0 Å². The second kappa shape index (κ2) is 8.23. The van der Waals surface area contributed by atoms with E-state index in [1.54, 1.807) is 12.1 Å². The van der Waals surface area contributed by atoms with Crippen LogP contribution in [-0.2, 0) is 6.61 Å². The van der Waals surface area contributed by atoms with Gasteiger partial charge in [0, 0.05) is 23.9 Å². The SMILES string of the molecule is O=C(NC(=S)C1CNc2cc(OCc3ccccc3)ccc21)c1ccccc1. The van der Waals surface area contributed by atoms with Gasteiger partial charge in [0.05, 0.1) is 10.9 Å². The van der Waals surface area contributed by atoms with Gasteiger partial charge in [-0.3, -0.25) is 4.79 Å². The van der Waals surface area contributed by atoms with Gasteiger partial charge in [0.1, 0.15) is 12.4 Å². The lowest BCUT2D eigenvalue weighted by Gasteiger charge is -2.14. The third-order valence-corrected chi connectivity index (χ3v) is 5.12. The molecule has 0 aliphatic carbocycles. The highest BCUT2D eigenvalue weighted by Gasteiger charge is 2.27. The summed E-state index contributed by atoms with van der Waals surface area (Å²) >= 11 is 5.51. The van der Waals surface area contributed by atoms with E-state index in [9.17, 15) is 4.79 Å². The molecule has 0 fully saturated rings. The first-order valence-electron chi connectivity index (χ1n) is 9.15. The molecular weight excluding hydrogens is 368 g/mol. The average molecular weight is 388 g/mol. The second-order valence-electron chi connectivity index (χ2n) is 6.64. The Balaban J connectivity index is 1.41. The number of carbonyl (C=O) groups is 1. The van der Waals surface area contributed by atoms with E-state index >= 15 is 0 Å². The molecule has 1 heterocycles. The van der Waals surface area contributed by atoms with Crippen LogP contribution in [0.4, 0.5) is 5.69 Å². The van der Waals surface area contributed by atoms with E-state index in [2.05, 4.69) is 10.6 Å². The molecule has 2 N–H and O–H groups in total. The summed E-state index contributed by atoms with van der Waals surface area (Å²) in [5, 5.41) is 6.23. The van der Waals surface area contributed by atoms with Gasteiger partial charge in [0.2, 0.25) is 0 Å². The van der Waals surface area contributed by atoms with Crippen molar-refractivity contribution in [1.82, 2.24) is 5.32 Å². The fourth-order valence-electron chi connectivity index (χ4n) is 3.24. The molecule has 3 aromatic carbocycles. The molecule has 0 spiro atoms. The van der Waals surface area contributed by atoms with Crippen molar-refractivity contribution in [2.75, 3.05) is 11.9 Å². The number of benzene rings is 3. The summed E-state index contributed by atoms with van der Waals surface area (Å²) in [6, 6.07) is 25.1. The number of rotatable bonds is 5. The fourth-order valence-corrected chi connectivity index (χ4v) is 3.54. The van der Waals surface area contributed by atoms with Crippen molar-refractivity contribution in [1.29, 1.82) is 0 Å². The first-order chi connectivity index (χ1) is 13.7. The van der Waals surface area contributed by atoms with E-state index in [1.165, 1.54) is 0 Å². The van der Waals surface area contributed by atoms with Gasteiger partial charge in [-0.1, -0.05) is 66.8 Å². The predicted octanol–water partition coefficient (Wildman–Crippen LogP) is 4.53. The maximum Gasteiger partial charge on any atom is 0.256 e. The highest BCUT2D eigenvalue weighted by molar-refractivity contribution is 7.80. The molecule has 4 rings (SSSR count). The molecule has 0 saturated heterocycles. The van der Waals surface area contributed by atoms with Crippen LogP contribution >= 0.6 is 12.2 Å². The van der Waals surface area contributed by atoms with Crippen molar-refractivity contribution in [3.05, 3.63) is 95.6 Å². The van der Waals surface area contributed by atoms with Gasteiger partial charge in [-0.15, -0.1) is 0 Å². The molecule has 1 aliphatic heterocycles. The van der Waals surface area contributed by atoms with Gasteiger partial charge in [0.25, 0.3) is 5.91 Å². The summed E-state index contributed by atoms with van der Waals surface area (Å²) < 4.78 is 5.89. The Morgan fingerprint density at radius 2 is 1.75 bits per heavy atom. The van der Waals surface area contributed by atoms with Gasteiger partial charge < -0.3 is 15.4 Å². The third kappa shape index (κ3) is 4.05. The largest absolute Gasteiger partial charge is 0.489 e. The summed E-state index contributed by atoms with van der Waals surface area (Å²) in [6.45, 7) is 1.18. The van der Waals surface area contributed by atoms with E-state index in [-0.39, 0.29) is 11.8 Å². The maximum absolute atomic E-state index is 12.4. The summed E-state index contributed by atoms with van der Waals surface area (Å²) in [4.78, 5) is 12.9. The molecule has 1 atom stereocenters. The van der Waals surface area contributed by atoms with Crippen molar-refractivity contribution in [2.45, 2.75) is 12.5 Å². The van der Waals surface area contributed by atoms with Crippen molar-refractivity contribution in [2.24, 2.45) is 0 Å². The number of amides is 1. The molecular formula is C23H20N2O2S. The standard InChI is InChI=1S/C23H20N2O2S/c26-22(17-9-5-2-6-10-17)25-23(28)20-14-24-21-13-18(11-12-19(20)21)27-15-16-7-3-1-4-8-16/h1-13,20,24H,14-15H2,(H,25,26,28). The number of fused-ring (bicyclic) bond motifs is 1. The summed E-state index contributed by atoms with van der Waals surface area (Å²) in [7, 11) is 0. The minimum absolute atomic E-state index is 0.0409. The Morgan fingerprint density at radius 1 is 1.04 bits per heavy atom. The molecule has 140 valence electrons. The van der Waals surface area contributed by atoms with Crippen LogP contribution < -0.4 is 15.4 Å². The molecule has 0 radical (unpaired) electrons. The molecule has 28 heavy (non-hydrogen) atoms. The van der Waals surface area contributed by atoms with Gasteiger partial charge in [-0.2, -0.15) is 0 Å². The molecule has 4 nitrogen and oxygen atoms in total. The second-order valence-corrected chi connectivity index (χ2v) is 7.08. The van der Waals surface area contributed by atoms with Gasteiger partial charge in [0.15, 0.2) is 0 Å². The zero-order chi connectivity index (χ0) is 19.3. The molecule has 1 aliphatic rings. The highest BCUT2D eigenvalue weighted by atomic mass is 32.1. The summed E-state index contributed by atoms with van der Waals surface area (Å²) in [5.41, 5.74) is 3.79. The Labute approximate surface area is 169 Å². The zero-order valence-corrected chi connectivity index (χ0v) is 16.0. The van der Waals surface area contributed by atoms with E-state index in [0.717, 1.165) is 22.6 Å². The van der Waals surface area contributed by atoms with Crippen LogP contribution in [0.1, 0.15) is 27.4 Å². The molecule has 3 aromatic rings. The number of ether oxygens (including phenoxy) is 1. The number of carbonyl (C=O) groups excluding carboxylic acids is 1. The Hall–Kier alpha value is -3.18.